The number of rotatable bonds is 6. The number of aromatic nitrogens is 4. The summed E-state index contributed by atoms with van der Waals surface area (Å²) in [6.45, 7) is 4.37. The largest absolute Gasteiger partial charge is 0.326 e. The topological polar surface area (TPSA) is 72.7 Å². The molecule has 7 heteroatoms. The lowest BCUT2D eigenvalue weighted by Crippen LogP contribution is -2.05. The van der Waals surface area contributed by atoms with Crippen LogP contribution in [0.1, 0.15) is 19.4 Å². The molecule has 2 heterocycles. The Balaban J connectivity index is 1.71. The fourth-order valence-electron chi connectivity index (χ4n) is 2.42. The molecule has 3 rings (SSSR count). The van der Waals surface area contributed by atoms with Crippen molar-refractivity contribution >= 4 is 23.4 Å². The summed E-state index contributed by atoms with van der Waals surface area (Å²) in [6.07, 6.45) is 3.54. The molecule has 1 amide bonds. The van der Waals surface area contributed by atoms with E-state index in [1.165, 1.54) is 6.92 Å². The number of anilines is 1. The van der Waals surface area contributed by atoms with Gasteiger partial charge in [-0.1, -0.05) is 23.9 Å². The molecule has 0 aliphatic carbocycles. The van der Waals surface area contributed by atoms with Crippen molar-refractivity contribution < 1.29 is 4.79 Å². The zero-order valence-corrected chi connectivity index (χ0v) is 15.0. The maximum Gasteiger partial charge on any atom is 0.221 e. The zero-order chi connectivity index (χ0) is 17.6. The average Bonchev–Trinajstić information content (AvgIpc) is 3.04. The number of amides is 1. The van der Waals surface area contributed by atoms with Gasteiger partial charge in [-0.05, 0) is 36.8 Å². The van der Waals surface area contributed by atoms with Gasteiger partial charge in [0.25, 0.3) is 0 Å². The number of hydrogen-bond donors (Lipinski definition) is 1. The smallest absolute Gasteiger partial charge is 0.221 e. The normalized spacial score (nSPS) is 10.6. The van der Waals surface area contributed by atoms with E-state index in [1.807, 2.05) is 36.4 Å². The Morgan fingerprint density at radius 1 is 1.20 bits per heavy atom. The highest BCUT2D eigenvalue weighted by Gasteiger charge is 2.13. The van der Waals surface area contributed by atoms with Crippen molar-refractivity contribution in [1.82, 2.24) is 19.7 Å². The van der Waals surface area contributed by atoms with E-state index in [4.69, 9.17) is 0 Å². The Morgan fingerprint density at radius 2 is 2.00 bits per heavy atom. The van der Waals surface area contributed by atoms with Gasteiger partial charge in [0.15, 0.2) is 11.0 Å². The standard InChI is InChI=1S/C18H19N5OS/c1-3-23-17(15-5-4-10-19-11-15)21-22-18(23)25-12-14-6-8-16(9-7-14)20-13(2)24/h4-11H,3,12H2,1-2H3,(H,20,24). The molecule has 0 aliphatic heterocycles. The molecule has 0 atom stereocenters. The van der Waals surface area contributed by atoms with Gasteiger partial charge in [0.1, 0.15) is 0 Å². The monoisotopic (exact) mass is 353 g/mol. The van der Waals surface area contributed by atoms with Crippen LogP contribution < -0.4 is 5.32 Å². The number of nitrogens with zero attached hydrogens (tertiary/aromatic N) is 4. The molecule has 128 valence electrons. The average molecular weight is 353 g/mol. The van der Waals surface area contributed by atoms with E-state index in [2.05, 4.69) is 32.0 Å². The second-order valence-electron chi connectivity index (χ2n) is 5.46. The van der Waals surface area contributed by atoms with Gasteiger partial charge in [-0.2, -0.15) is 0 Å². The maximum atomic E-state index is 11.1. The number of nitrogens with one attached hydrogen (secondary N) is 1. The number of carbonyl (C=O) groups excluding carboxylic acids is 1. The van der Waals surface area contributed by atoms with Crippen LogP contribution >= 0.6 is 11.8 Å². The lowest BCUT2D eigenvalue weighted by Gasteiger charge is -2.07. The summed E-state index contributed by atoms with van der Waals surface area (Å²) in [5.41, 5.74) is 2.92. The van der Waals surface area contributed by atoms with Crippen LogP contribution in [0.5, 0.6) is 0 Å². The second-order valence-corrected chi connectivity index (χ2v) is 6.40. The van der Waals surface area contributed by atoms with E-state index in [0.29, 0.717) is 0 Å². The third-order valence-electron chi connectivity index (χ3n) is 3.60. The van der Waals surface area contributed by atoms with Crippen LogP contribution in [0.3, 0.4) is 0 Å². The van der Waals surface area contributed by atoms with E-state index < -0.39 is 0 Å². The highest BCUT2D eigenvalue weighted by atomic mass is 32.2. The molecule has 0 saturated carbocycles. The van der Waals surface area contributed by atoms with Crippen molar-refractivity contribution in [3.63, 3.8) is 0 Å². The van der Waals surface area contributed by atoms with Gasteiger partial charge in [-0.3, -0.25) is 9.78 Å². The summed E-state index contributed by atoms with van der Waals surface area (Å²) in [7, 11) is 0. The molecule has 25 heavy (non-hydrogen) atoms. The maximum absolute atomic E-state index is 11.1. The number of benzene rings is 1. The quantitative estimate of drug-likeness (QED) is 0.685. The van der Waals surface area contributed by atoms with E-state index in [9.17, 15) is 4.79 Å². The van der Waals surface area contributed by atoms with Gasteiger partial charge >= 0.3 is 0 Å². The third-order valence-corrected chi connectivity index (χ3v) is 4.63. The number of thioether (sulfide) groups is 1. The summed E-state index contributed by atoms with van der Waals surface area (Å²) in [5, 5.41) is 12.3. The molecule has 1 N–H and O–H groups in total. The molecule has 0 bridgehead atoms. The van der Waals surface area contributed by atoms with E-state index >= 15 is 0 Å². The molecule has 0 fully saturated rings. The summed E-state index contributed by atoms with van der Waals surface area (Å²) in [4.78, 5) is 15.2. The van der Waals surface area contributed by atoms with Crippen molar-refractivity contribution in [2.75, 3.05) is 5.32 Å². The summed E-state index contributed by atoms with van der Waals surface area (Å²) in [5.74, 6) is 1.55. The predicted molar refractivity (Wildman–Crippen MR) is 99.2 cm³/mol. The SMILES string of the molecule is CCn1c(SCc2ccc(NC(C)=O)cc2)nnc1-c1cccnc1. The van der Waals surface area contributed by atoms with Crippen molar-refractivity contribution in [1.29, 1.82) is 0 Å². The Morgan fingerprint density at radius 3 is 2.64 bits per heavy atom. The fourth-order valence-corrected chi connectivity index (χ4v) is 3.38. The lowest BCUT2D eigenvalue weighted by atomic mass is 10.2. The Bertz CT molecular complexity index is 846. The molecule has 0 aliphatic rings. The lowest BCUT2D eigenvalue weighted by molar-refractivity contribution is -0.114. The number of carbonyl (C=O) groups is 1. The van der Waals surface area contributed by atoms with Crippen LogP contribution in [0.15, 0.2) is 53.9 Å². The minimum absolute atomic E-state index is 0.0684. The molecule has 0 unspecified atom stereocenters. The van der Waals surface area contributed by atoms with Crippen molar-refractivity contribution in [3.8, 4) is 11.4 Å². The minimum Gasteiger partial charge on any atom is -0.326 e. The van der Waals surface area contributed by atoms with Gasteiger partial charge in [0.05, 0.1) is 0 Å². The van der Waals surface area contributed by atoms with Gasteiger partial charge in [-0.15, -0.1) is 10.2 Å². The Hall–Kier alpha value is -2.67. The summed E-state index contributed by atoms with van der Waals surface area (Å²) in [6, 6.07) is 11.7. The van der Waals surface area contributed by atoms with Crippen LogP contribution in [0.4, 0.5) is 5.69 Å². The molecule has 2 aromatic heterocycles. The second kappa shape index (κ2) is 7.94. The van der Waals surface area contributed by atoms with Crippen LogP contribution in [-0.2, 0) is 17.1 Å². The highest BCUT2D eigenvalue weighted by molar-refractivity contribution is 7.98. The van der Waals surface area contributed by atoms with Gasteiger partial charge in [0, 0.05) is 42.9 Å². The van der Waals surface area contributed by atoms with Crippen LogP contribution in [0, 0.1) is 0 Å². The van der Waals surface area contributed by atoms with Crippen molar-refractivity contribution in [3.05, 3.63) is 54.4 Å². The predicted octanol–water partition coefficient (Wildman–Crippen LogP) is 3.61. The molecular weight excluding hydrogens is 334 g/mol. The molecule has 1 aromatic carbocycles. The fraction of sp³-hybridized carbons (Fsp3) is 0.222. The summed E-state index contributed by atoms with van der Waals surface area (Å²) < 4.78 is 2.09. The Labute approximate surface area is 150 Å². The van der Waals surface area contributed by atoms with E-state index in [0.717, 1.165) is 40.1 Å². The highest BCUT2D eigenvalue weighted by Crippen LogP contribution is 2.26. The van der Waals surface area contributed by atoms with Crippen molar-refractivity contribution in [2.24, 2.45) is 0 Å². The zero-order valence-electron chi connectivity index (χ0n) is 14.1. The van der Waals surface area contributed by atoms with Gasteiger partial charge in [0.2, 0.25) is 5.91 Å². The first kappa shape index (κ1) is 17.2. The van der Waals surface area contributed by atoms with Crippen LogP contribution in [0.2, 0.25) is 0 Å². The molecule has 3 aromatic rings. The molecule has 0 saturated heterocycles. The van der Waals surface area contributed by atoms with Crippen molar-refractivity contribution in [2.45, 2.75) is 31.3 Å². The number of pyridine rings is 1. The molecular formula is C18H19N5OS. The third kappa shape index (κ3) is 4.24. The summed E-state index contributed by atoms with van der Waals surface area (Å²) >= 11 is 1.64. The first-order chi connectivity index (χ1) is 12.2. The molecule has 0 radical (unpaired) electrons. The minimum atomic E-state index is -0.0684. The molecule has 6 nitrogen and oxygen atoms in total. The van der Waals surface area contributed by atoms with E-state index in [1.54, 1.807) is 24.2 Å². The molecule has 0 spiro atoms. The Kier molecular flexibility index (Phi) is 5.45. The van der Waals surface area contributed by atoms with E-state index in [-0.39, 0.29) is 5.91 Å². The first-order valence-corrected chi connectivity index (χ1v) is 8.99. The first-order valence-electron chi connectivity index (χ1n) is 8.00. The van der Waals surface area contributed by atoms with Gasteiger partial charge in [-0.25, -0.2) is 0 Å². The van der Waals surface area contributed by atoms with Gasteiger partial charge < -0.3 is 9.88 Å². The number of hydrogen-bond acceptors (Lipinski definition) is 5. The van der Waals surface area contributed by atoms with Crippen LogP contribution in [-0.4, -0.2) is 25.7 Å². The van der Waals surface area contributed by atoms with Crippen LogP contribution in [0.25, 0.3) is 11.4 Å².